The molecule has 2 unspecified atom stereocenters. The molecule has 4 heteroatoms. The zero-order chi connectivity index (χ0) is 12.3. The zero-order valence-electron chi connectivity index (χ0n) is 11.2. The average molecular weight is 258 g/mol. The zero-order valence-corrected chi connectivity index (χ0v) is 12.0. The molecule has 0 amide bonds. The van der Waals surface area contributed by atoms with Crippen molar-refractivity contribution in [3.05, 3.63) is 0 Å². The van der Waals surface area contributed by atoms with Gasteiger partial charge in [0, 0.05) is 37.0 Å². The van der Waals surface area contributed by atoms with E-state index in [-0.39, 0.29) is 5.54 Å². The van der Waals surface area contributed by atoms with Gasteiger partial charge in [0.1, 0.15) is 0 Å². The molecule has 1 saturated heterocycles. The Hall–Kier alpha value is 0.230. The smallest absolute Gasteiger partial charge is 0.0590 e. The van der Waals surface area contributed by atoms with Gasteiger partial charge in [-0.1, -0.05) is 6.92 Å². The van der Waals surface area contributed by atoms with E-state index in [0.29, 0.717) is 5.25 Å². The third-order valence-electron chi connectivity index (χ3n) is 4.33. The first-order chi connectivity index (χ1) is 8.24. The predicted octanol–water partition coefficient (Wildman–Crippen LogP) is 1.71. The van der Waals surface area contributed by atoms with Crippen LogP contribution in [0.3, 0.4) is 0 Å². The molecule has 0 spiro atoms. The summed E-state index contributed by atoms with van der Waals surface area (Å²) in [5.74, 6) is 1.30. The van der Waals surface area contributed by atoms with Crippen LogP contribution in [0.2, 0.25) is 0 Å². The van der Waals surface area contributed by atoms with E-state index in [9.17, 15) is 0 Å². The molecule has 2 rings (SSSR count). The van der Waals surface area contributed by atoms with Crippen LogP contribution in [-0.4, -0.2) is 54.3 Å². The van der Waals surface area contributed by atoms with Gasteiger partial charge in [0.15, 0.2) is 0 Å². The van der Waals surface area contributed by atoms with Gasteiger partial charge in [0.05, 0.1) is 6.61 Å². The van der Waals surface area contributed by atoms with Crippen LogP contribution in [0.15, 0.2) is 0 Å². The second kappa shape index (κ2) is 5.91. The van der Waals surface area contributed by atoms with E-state index >= 15 is 0 Å². The topological polar surface area (TPSA) is 38.5 Å². The Labute approximate surface area is 109 Å². The van der Waals surface area contributed by atoms with Gasteiger partial charge in [-0.25, -0.2) is 0 Å². The number of thioether (sulfide) groups is 1. The third-order valence-corrected chi connectivity index (χ3v) is 5.79. The monoisotopic (exact) mass is 258 g/mol. The van der Waals surface area contributed by atoms with Gasteiger partial charge < -0.3 is 10.5 Å². The molecule has 3 nitrogen and oxygen atoms in total. The molecule has 1 aliphatic carbocycles. The second-order valence-corrected chi connectivity index (χ2v) is 6.79. The highest BCUT2D eigenvalue weighted by atomic mass is 32.2. The van der Waals surface area contributed by atoms with Gasteiger partial charge in [-0.3, -0.25) is 4.90 Å². The molecule has 2 aliphatic rings. The van der Waals surface area contributed by atoms with Crippen LogP contribution in [-0.2, 0) is 4.74 Å². The first-order valence-electron chi connectivity index (χ1n) is 6.82. The average Bonchev–Trinajstić information content (AvgIpc) is 3.16. The van der Waals surface area contributed by atoms with E-state index in [0.717, 1.165) is 25.7 Å². The molecule has 1 heterocycles. The minimum Gasteiger partial charge on any atom is -0.383 e. The number of nitrogens with zero attached hydrogens (tertiary/aromatic N) is 1. The number of nitrogens with two attached hydrogens (primary N) is 1. The lowest BCUT2D eigenvalue weighted by Crippen LogP contribution is -2.62. The Bertz CT molecular complexity index is 248. The van der Waals surface area contributed by atoms with Crippen molar-refractivity contribution in [1.82, 2.24) is 4.90 Å². The Morgan fingerprint density at radius 2 is 2.24 bits per heavy atom. The maximum Gasteiger partial charge on any atom is 0.0590 e. The molecular formula is C13H26N2OS. The molecule has 0 aromatic carbocycles. The Kier molecular flexibility index (Phi) is 4.75. The summed E-state index contributed by atoms with van der Waals surface area (Å²) in [4.78, 5) is 2.67. The third kappa shape index (κ3) is 2.80. The summed E-state index contributed by atoms with van der Waals surface area (Å²) in [6.45, 7) is 5.03. The van der Waals surface area contributed by atoms with Crippen molar-refractivity contribution >= 4 is 11.8 Å². The fourth-order valence-corrected chi connectivity index (χ4v) is 4.43. The number of hydrogen-bond acceptors (Lipinski definition) is 4. The number of methoxy groups -OCH3 is 1. The van der Waals surface area contributed by atoms with E-state index in [1.54, 1.807) is 7.11 Å². The molecule has 1 aliphatic heterocycles. The summed E-state index contributed by atoms with van der Waals surface area (Å²) in [7, 11) is 1.79. The van der Waals surface area contributed by atoms with E-state index in [1.165, 1.54) is 31.4 Å². The molecule has 0 radical (unpaired) electrons. The summed E-state index contributed by atoms with van der Waals surface area (Å²) in [5, 5.41) is 0.652. The highest BCUT2D eigenvalue weighted by Crippen LogP contribution is 2.43. The van der Waals surface area contributed by atoms with Crippen LogP contribution in [0.5, 0.6) is 0 Å². The highest BCUT2D eigenvalue weighted by Gasteiger charge is 2.47. The van der Waals surface area contributed by atoms with Crippen molar-refractivity contribution in [3.8, 4) is 0 Å². The SMILES string of the molecule is COCCN(C1CC1)C1(CN)CCCSC1C. The fraction of sp³-hybridized carbons (Fsp3) is 1.00. The van der Waals surface area contributed by atoms with Crippen molar-refractivity contribution in [2.45, 2.75) is 49.4 Å². The lowest BCUT2D eigenvalue weighted by molar-refractivity contribution is 0.0444. The number of rotatable bonds is 6. The molecule has 2 N–H and O–H groups in total. The summed E-state index contributed by atoms with van der Waals surface area (Å²) >= 11 is 2.09. The predicted molar refractivity (Wildman–Crippen MR) is 74.5 cm³/mol. The van der Waals surface area contributed by atoms with Gasteiger partial charge in [0.2, 0.25) is 0 Å². The Balaban J connectivity index is 2.10. The molecule has 0 aromatic rings. The lowest BCUT2D eigenvalue weighted by atomic mass is 9.87. The summed E-state index contributed by atoms with van der Waals surface area (Å²) < 4.78 is 5.28. The summed E-state index contributed by atoms with van der Waals surface area (Å²) in [5.41, 5.74) is 6.40. The van der Waals surface area contributed by atoms with Crippen LogP contribution in [0.1, 0.15) is 32.6 Å². The van der Waals surface area contributed by atoms with Crippen LogP contribution < -0.4 is 5.73 Å². The van der Waals surface area contributed by atoms with Crippen molar-refractivity contribution in [2.24, 2.45) is 5.73 Å². The van der Waals surface area contributed by atoms with Crippen molar-refractivity contribution < 1.29 is 4.74 Å². The van der Waals surface area contributed by atoms with Crippen molar-refractivity contribution in [2.75, 3.05) is 32.6 Å². The highest BCUT2D eigenvalue weighted by molar-refractivity contribution is 8.00. The molecule has 17 heavy (non-hydrogen) atoms. The minimum absolute atomic E-state index is 0.225. The maximum atomic E-state index is 6.17. The van der Waals surface area contributed by atoms with Gasteiger partial charge in [0.25, 0.3) is 0 Å². The van der Waals surface area contributed by atoms with Gasteiger partial charge >= 0.3 is 0 Å². The van der Waals surface area contributed by atoms with Crippen LogP contribution in [0.4, 0.5) is 0 Å². The lowest BCUT2D eigenvalue weighted by Gasteiger charge is -2.50. The minimum atomic E-state index is 0.225. The normalized spacial score (nSPS) is 34.2. The maximum absolute atomic E-state index is 6.17. The molecule has 0 aromatic heterocycles. The van der Waals surface area contributed by atoms with Crippen LogP contribution in [0.25, 0.3) is 0 Å². The van der Waals surface area contributed by atoms with E-state index in [4.69, 9.17) is 10.5 Å². The molecule has 1 saturated carbocycles. The molecule has 2 atom stereocenters. The quantitative estimate of drug-likeness (QED) is 0.787. The van der Waals surface area contributed by atoms with E-state index < -0.39 is 0 Å². The van der Waals surface area contributed by atoms with Crippen LogP contribution >= 0.6 is 11.8 Å². The Morgan fingerprint density at radius 1 is 1.47 bits per heavy atom. The largest absolute Gasteiger partial charge is 0.383 e. The number of hydrogen-bond donors (Lipinski definition) is 1. The van der Waals surface area contributed by atoms with Gasteiger partial charge in [-0.15, -0.1) is 0 Å². The van der Waals surface area contributed by atoms with Crippen LogP contribution in [0, 0.1) is 0 Å². The van der Waals surface area contributed by atoms with Crippen molar-refractivity contribution in [1.29, 1.82) is 0 Å². The fourth-order valence-electron chi connectivity index (χ4n) is 3.10. The molecule has 0 bridgehead atoms. The summed E-state index contributed by atoms with van der Waals surface area (Å²) in [6, 6.07) is 0.773. The van der Waals surface area contributed by atoms with Crippen molar-refractivity contribution in [3.63, 3.8) is 0 Å². The van der Waals surface area contributed by atoms with Gasteiger partial charge in [-0.2, -0.15) is 11.8 Å². The Morgan fingerprint density at radius 3 is 2.76 bits per heavy atom. The van der Waals surface area contributed by atoms with Gasteiger partial charge in [-0.05, 0) is 31.4 Å². The first kappa shape index (κ1) is 13.7. The van der Waals surface area contributed by atoms with E-state index in [1.807, 2.05) is 0 Å². The molecular weight excluding hydrogens is 232 g/mol. The first-order valence-corrected chi connectivity index (χ1v) is 7.87. The molecule has 2 fully saturated rings. The van der Waals surface area contributed by atoms with E-state index in [2.05, 4.69) is 23.6 Å². The second-order valence-electron chi connectivity index (χ2n) is 5.34. The number of ether oxygens (including phenoxy) is 1. The molecule has 100 valence electrons. The standard InChI is InChI=1S/C13H26N2OS/c1-11-13(10-14,6-3-9-17-11)15(7-8-16-2)12-4-5-12/h11-12H,3-10,14H2,1-2H3. The summed E-state index contributed by atoms with van der Waals surface area (Å²) in [6.07, 6.45) is 5.27.